The van der Waals surface area contributed by atoms with Crippen molar-refractivity contribution in [3.8, 4) is 11.4 Å². The molecule has 1 aromatic heterocycles. The molecule has 0 spiro atoms. The third-order valence-electron chi connectivity index (χ3n) is 4.59. The fourth-order valence-corrected chi connectivity index (χ4v) is 3.15. The minimum absolute atomic E-state index is 0.0179. The lowest BCUT2D eigenvalue weighted by Crippen LogP contribution is -2.38. The van der Waals surface area contributed by atoms with Crippen LogP contribution in [0.4, 0.5) is 17.3 Å². The zero-order valence-corrected chi connectivity index (χ0v) is 15.6. The van der Waals surface area contributed by atoms with Gasteiger partial charge in [-0.05, 0) is 49.6 Å². The smallest absolute Gasteiger partial charge is 0.242 e. The van der Waals surface area contributed by atoms with E-state index >= 15 is 0 Å². The fraction of sp³-hybridized carbons (Fsp3) is 0.238. The number of aromatic nitrogens is 3. The number of hydrogen-bond donors (Lipinski definition) is 3. The highest BCUT2D eigenvalue weighted by Gasteiger charge is 2.13. The molecule has 1 aliphatic rings. The van der Waals surface area contributed by atoms with Gasteiger partial charge in [0, 0.05) is 23.5 Å². The number of benzene rings is 2. The Morgan fingerprint density at radius 2 is 1.89 bits per heavy atom. The normalized spacial score (nSPS) is 16.9. The molecular formula is C21H22N6O. The molecule has 0 radical (unpaired) electrons. The van der Waals surface area contributed by atoms with Crippen LogP contribution in [-0.2, 0) is 11.2 Å². The van der Waals surface area contributed by atoms with E-state index in [2.05, 4.69) is 43.0 Å². The van der Waals surface area contributed by atoms with Crippen molar-refractivity contribution in [3.63, 3.8) is 0 Å². The fourth-order valence-electron chi connectivity index (χ4n) is 3.15. The summed E-state index contributed by atoms with van der Waals surface area (Å²) >= 11 is 0. The predicted octanol–water partition coefficient (Wildman–Crippen LogP) is 3.15. The number of amides is 1. The molecule has 7 nitrogen and oxygen atoms in total. The molecule has 3 N–H and O–H groups in total. The van der Waals surface area contributed by atoms with Gasteiger partial charge in [-0.1, -0.05) is 24.3 Å². The molecule has 7 heteroatoms. The van der Waals surface area contributed by atoms with E-state index in [9.17, 15) is 4.79 Å². The summed E-state index contributed by atoms with van der Waals surface area (Å²) in [6.45, 7) is 2.48. The lowest BCUT2D eigenvalue weighted by molar-refractivity contribution is -0.121. The van der Waals surface area contributed by atoms with Crippen molar-refractivity contribution in [1.82, 2.24) is 20.3 Å². The summed E-state index contributed by atoms with van der Waals surface area (Å²) in [6.07, 6.45) is 3.24. The predicted molar refractivity (Wildman–Crippen MR) is 109 cm³/mol. The van der Waals surface area contributed by atoms with Gasteiger partial charge < -0.3 is 16.0 Å². The van der Waals surface area contributed by atoms with Gasteiger partial charge in [-0.2, -0.15) is 4.98 Å². The van der Waals surface area contributed by atoms with Crippen LogP contribution >= 0.6 is 0 Å². The molecule has 0 saturated carbocycles. The second-order valence-electron chi connectivity index (χ2n) is 6.80. The number of carbonyl (C=O) groups excluding carboxylic acids is 1. The molecule has 6 bridgehead atoms. The highest BCUT2D eigenvalue weighted by molar-refractivity contribution is 5.84. The summed E-state index contributed by atoms with van der Waals surface area (Å²) in [5.41, 5.74) is 3.80. The first-order valence-electron chi connectivity index (χ1n) is 9.37. The standard InChI is InChI=1S/C21H22N6O/c1-14-20(28)22-10-4-6-15-5-2-7-16(11-15)19-23-13-24-21(27-19)26-18-9-3-8-17(12-18)25-14/h2-3,5,7-9,11-14,25H,4,6,10H2,1H3,(H,22,28)(H,23,24,26,27)/t14-/m0/s1. The minimum atomic E-state index is -0.335. The Morgan fingerprint density at radius 3 is 2.82 bits per heavy atom. The molecule has 0 unspecified atom stereocenters. The van der Waals surface area contributed by atoms with Crippen LogP contribution in [0.25, 0.3) is 11.4 Å². The summed E-state index contributed by atoms with van der Waals surface area (Å²) in [5.74, 6) is 1.08. The third-order valence-corrected chi connectivity index (χ3v) is 4.59. The zero-order valence-electron chi connectivity index (χ0n) is 15.6. The van der Waals surface area contributed by atoms with E-state index < -0.39 is 0 Å². The first-order valence-corrected chi connectivity index (χ1v) is 9.37. The van der Waals surface area contributed by atoms with Gasteiger partial charge in [0.2, 0.25) is 11.9 Å². The van der Waals surface area contributed by atoms with Gasteiger partial charge >= 0.3 is 0 Å². The number of nitrogens with one attached hydrogen (secondary N) is 3. The number of hydrogen-bond acceptors (Lipinski definition) is 6. The Hall–Kier alpha value is -3.48. The van der Waals surface area contributed by atoms with Crippen LogP contribution in [-0.4, -0.2) is 33.4 Å². The maximum atomic E-state index is 12.3. The molecule has 28 heavy (non-hydrogen) atoms. The van der Waals surface area contributed by atoms with Gasteiger partial charge in [0.15, 0.2) is 5.82 Å². The molecule has 1 aliphatic heterocycles. The van der Waals surface area contributed by atoms with Crippen molar-refractivity contribution in [2.45, 2.75) is 25.8 Å². The van der Waals surface area contributed by atoms with Gasteiger partial charge in [0.1, 0.15) is 12.4 Å². The monoisotopic (exact) mass is 374 g/mol. The molecule has 0 saturated heterocycles. The highest BCUT2D eigenvalue weighted by atomic mass is 16.2. The number of carbonyl (C=O) groups is 1. The SMILES string of the molecule is C[C@@H]1Nc2cccc(c2)Nc2ncnc(n2)-c2cccc(c2)CCCNC1=O. The van der Waals surface area contributed by atoms with E-state index in [0.717, 1.165) is 29.8 Å². The van der Waals surface area contributed by atoms with E-state index in [1.165, 1.54) is 11.9 Å². The molecule has 2 heterocycles. The summed E-state index contributed by atoms with van der Waals surface area (Å²) in [4.78, 5) is 25.4. The topological polar surface area (TPSA) is 91.8 Å². The van der Waals surface area contributed by atoms with Crippen LogP contribution in [0.15, 0.2) is 54.9 Å². The van der Waals surface area contributed by atoms with E-state index in [0.29, 0.717) is 18.3 Å². The van der Waals surface area contributed by atoms with Crippen molar-refractivity contribution in [3.05, 3.63) is 60.4 Å². The summed E-state index contributed by atoms with van der Waals surface area (Å²) < 4.78 is 0. The van der Waals surface area contributed by atoms with E-state index in [1.54, 1.807) is 0 Å². The maximum Gasteiger partial charge on any atom is 0.242 e. The first-order chi connectivity index (χ1) is 13.7. The molecule has 2 aromatic carbocycles. The van der Waals surface area contributed by atoms with Crippen LogP contribution in [0.3, 0.4) is 0 Å². The van der Waals surface area contributed by atoms with Crippen LogP contribution in [0.5, 0.6) is 0 Å². The van der Waals surface area contributed by atoms with Gasteiger partial charge in [-0.25, -0.2) is 9.97 Å². The lowest BCUT2D eigenvalue weighted by atomic mass is 10.1. The Balaban J connectivity index is 1.69. The number of anilines is 3. The second-order valence-corrected chi connectivity index (χ2v) is 6.80. The Labute approximate surface area is 163 Å². The Kier molecular flexibility index (Phi) is 5.14. The summed E-state index contributed by atoms with van der Waals surface area (Å²) in [5, 5.41) is 9.44. The quantitative estimate of drug-likeness (QED) is 0.560. The number of rotatable bonds is 0. The average Bonchev–Trinajstić information content (AvgIpc) is 2.71. The minimum Gasteiger partial charge on any atom is -0.374 e. The van der Waals surface area contributed by atoms with Gasteiger partial charge in [-0.3, -0.25) is 4.79 Å². The molecular weight excluding hydrogens is 352 g/mol. The average molecular weight is 374 g/mol. The van der Waals surface area contributed by atoms with Crippen molar-refractivity contribution in [1.29, 1.82) is 0 Å². The molecule has 4 rings (SSSR count). The third kappa shape index (κ3) is 4.25. The number of nitrogens with zero attached hydrogens (tertiary/aromatic N) is 3. The largest absolute Gasteiger partial charge is 0.374 e. The Morgan fingerprint density at radius 1 is 1.04 bits per heavy atom. The molecule has 0 aliphatic carbocycles. The van der Waals surface area contributed by atoms with Crippen LogP contribution < -0.4 is 16.0 Å². The molecule has 1 atom stereocenters. The van der Waals surface area contributed by atoms with Crippen molar-refractivity contribution in [2.24, 2.45) is 0 Å². The summed E-state index contributed by atoms with van der Waals surface area (Å²) in [6, 6.07) is 15.5. The zero-order chi connectivity index (χ0) is 19.3. The lowest BCUT2D eigenvalue weighted by Gasteiger charge is -2.16. The van der Waals surface area contributed by atoms with Crippen molar-refractivity contribution < 1.29 is 4.79 Å². The van der Waals surface area contributed by atoms with Gasteiger partial charge in [0.05, 0.1) is 0 Å². The second kappa shape index (κ2) is 8.04. The van der Waals surface area contributed by atoms with Crippen molar-refractivity contribution >= 4 is 23.2 Å². The van der Waals surface area contributed by atoms with E-state index in [-0.39, 0.29) is 11.9 Å². The molecule has 1 amide bonds. The number of fused-ring (bicyclic) bond motifs is 7. The van der Waals surface area contributed by atoms with Gasteiger partial charge in [0.25, 0.3) is 0 Å². The van der Waals surface area contributed by atoms with Crippen molar-refractivity contribution in [2.75, 3.05) is 17.2 Å². The number of aryl methyl sites for hydroxylation is 1. The van der Waals surface area contributed by atoms with Crippen LogP contribution in [0.1, 0.15) is 18.9 Å². The first kappa shape index (κ1) is 17.9. The highest BCUT2D eigenvalue weighted by Crippen LogP contribution is 2.21. The van der Waals surface area contributed by atoms with Crippen LogP contribution in [0, 0.1) is 0 Å². The van der Waals surface area contributed by atoms with E-state index in [4.69, 9.17) is 0 Å². The maximum absolute atomic E-state index is 12.3. The van der Waals surface area contributed by atoms with Crippen LogP contribution in [0.2, 0.25) is 0 Å². The molecule has 142 valence electrons. The summed E-state index contributed by atoms with van der Waals surface area (Å²) in [7, 11) is 0. The Bertz CT molecular complexity index is 990. The molecule has 0 fully saturated rings. The van der Waals surface area contributed by atoms with E-state index in [1.807, 2.05) is 43.3 Å². The van der Waals surface area contributed by atoms with Gasteiger partial charge in [-0.15, -0.1) is 0 Å². The molecule has 3 aromatic rings.